The molecule has 3 rings (SSSR count). The monoisotopic (exact) mass is 276 g/mol. The fourth-order valence-corrected chi connectivity index (χ4v) is 4.40. The van der Waals surface area contributed by atoms with E-state index in [2.05, 4.69) is 28.2 Å². The van der Waals surface area contributed by atoms with Gasteiger partial charge in [-0.1, -0.05) is 0 Å². The van der Waals surface area contributed by atoms with Crippen LogP contribution in [0.2, 0.25) is 0 Å². The Morgan fingerprint density at radius 2 is 2.05 bits per heavy atom. The molecule has 20 heavy (non-hydrogen) atoms. The molecule has 1 aliphatic carbocycles. The van der Waals surface area contributed by atoms with Crippen LogP contribution in [0.5, 0.6) is 0 Å². The van der Waals surface area contributed by atoms with Crippen molar-refractivity contribution in [3.8, 4) is 6.07 Å². The lowest BCUT2D eigenvalue weighted by atomic mass is 9.83. The minimum Gasteiger partial charge on any atom is -0.303 e. The number of nitriles is 1. The second kappa shape index (κ2) is 5.63. The summed E-state index contributed by atoms with van der Waals surface area (Å²) in [6.45, 7) is 4.52. The van der Waals surface area contributed by atoms with Crippen molar-refractivity contribution < 1.29 is 0 Å². The van der Waals surface area contributed by atoms with Gasteiger partial charge in [0.2, 0.25) is 0 Å². The van der Waals surface area contributed by atoms with E-state index in [0.717, 1.165) is 25.0 Å². The topological polar surface area (TPSA) is 42.3 Å². The Balaban J connectivity index is 1.63. The maximum Gasteiger partial charge on any atom is 0.122 e. The second-order valence-corrected chi connectivity index (χ2v) is 7.08. The summed E-state index contributed by atoms with van der Waals surface area (Å²) < 4.78 is 0. The van der Waals surface area contributed by atoms with Crippen molar-refractivity contribution in [2.45, 2.75) is 43.7 Å². The number of nitrogens with one attached hydrogen (secondary N) is 1. The summed E-state index contributed by atoms with van der Waals surface area (Å²) in [7, 11) is 4.24. The fraction of sp³-hybridized carbons (Fsp3) is 0.938. The van der Waals surface area contributed by atoms with E-state index in [1.54, 1.807) is 0 Å². The van der Waals surface area contributed by atoms with Crippen molar-refractivity contribution in [1.29, 1.82) is 5.26 Å². The van der Waals surface area contributed by atoms with E-state index in [4.69, 9.17) is 0 Å². The van der Waals surface area contributed by atoms with Gasteiger partial charge in [-0.25, -0.2) is 0 Å². The van der Waals surface area contributed by atoms with Crippen LogP contribution >= 0.6 is 0 Å². The molecule has 0 aromatic heterocycles. The molecular weight excluding hydrogens is 248 g/mol. The van der Waals surface area contributed by atoms with E-state index >= 15 is 0 Å². The molecule has 0 aromatic rings. The first-order valence-corrected chi connectivity index (χ1v) is 8.21. The van der Waals surface area contributed by atoms with Gasteiger partial charge in [0.05, 0.1) is 6.07 Å². The Kier molecular flexibility index (Phi) is 4.03. The molecule has 2 heterocycles. The third-order valence-corrected chi connectivity index (χ3v) is 5.82. The van der Waals surface area contributed by atoms with E-state index in [1.165, 1.54) is 45.2 Å². The smallest absolute Gasteiger partial charge is 0.122 e. The van der Waals surface area contributed by atoms with Crippen LogP contribution in [0.15, 0.2) is 0 Å². The van der Waals surface area contributed by atoms with Gasteiger partial charge in [0, 0.05) is 19.1 Å². The average Bonchev–Trinajstić information content (AvgIpc) is 3.30. The molecule has 0 bridgehead atoms. The van der Waals surface area contributed by atoms with Crippen LogP contribution in [0.1, 0.15) is 32.1 Å². The van der Waals surface area contributed by atoms with Gasteiger partial charge in [-0.3, -0.25) is 0 Å². The minimum absolute atomic E-state index is 0.298. The fourth-order valence-electron chi connectivity index (χ4n) is 4.40. The first-order chi connectivity index (χ1) is 9.68. The molecule has 0 radical (unpaired) electrons. The highest BCUT2D eigenvalue weighted by Crippen LogP contribution is 2.40. The van der Waals surface area contributed by atoms with Crippen molar-refractivity contribution in [1.82, 2.24) is 15.1 Å². The number of hydrogen-bond acceptors (Lipinski definition) is 4. The maximum atomic E-state index is 9.64. The first-order valence-electron chi connectivity index (χ1n) is 8.21. The zero-order valence-corrected chi connectivity index (χ0v) is 12.9. The second-order valence-electron chi connectivity index (χ2n) is 7.08. The van der Waals surface area contributed by atoms with Crippen LogP contribution < -0.4 is 5.32 Å². The molecule has 0 aromatic carbocycles. The van der Waals surface area contributed by atoms with Gasteiger partial charge < -0.3 is 15.1 Å². The molecule has 1 saturated carbocycles. The van der Waals surface area contributed by atoms with Crippen molar-refractivity contribution in [3.05, 3.63) is 0 Å². The molecule has 3 aliphatic rings. The lowest BCUT2D eigenvalue weighted by Crippen LogP contribution is -2.58. The zero-order valence-electron chi connectivity index (χ0n) is 12.9. The predicted octanol–water partition coefficient (Wildman–Crippen LogP) is 1.29. The molecule has 3 atom stereocenters. The first kappa shape index (κ1) is 14.3. The molecule has 0 spiro atoms. The number of hydrogen-bond donors (Lipinski definition) is 1. The standard InChI is InChI=1S/C16H28N4/c1-18-16(11-17,14-5-6-14)12-20-9-7-15-13(10-20)4-3-8-19(15)2/h13-15,18H,3-10,12H2,1-2H3. The maximum absolute atomic E-state index is 9.64. The lowest BCUT2D eigenvalue weighted by molar-refractivity contribution is 0.0295. The summed E-state index contributed by atoms with van der Waals surface area (Å²) in [5.74, 6) is 1.39. The lowest BCUT2D eigenvalue weighted by Gasteiger charge is -2.47. The average molecular weight is 276 g/mol. The Labute approximate surface area is 123 Å². The van der Waals surface area contributed by atoms with Crippen LogP contribution in [0, 0.1) is 23.2 Å². The Bertz CT molecular complexity index is 386. The van der Waals surface area contributed by atoms with E-state index in [0.29, 0.717) is 5.92 Å². The predicted molar refractivity (Wildman–Crippen MR) is 80.3 cm³/mol. The molecule has 0 amide bonds. The Morgan fingerprint density at radius 3 is 2.70 bits per heavy atom. The van der Waals surface area contributed by atoms with Crippen molar-refractivity contribution >= 4 is 0 Å². The number of likely N-dealkylation sites (tertiary alicyclic amines) is 2. The Morgan fingerprint density at radius 1 is 1.25 bits per heavy atom. The zero-order chi connectivity index (χ0) is 14.2. The van der Waals surface area contributed by atoms with Gasteiger partial charge in [0.1, 0.15) is 5.54 Å². The summed E-state index contributed by atoms with van der Waals surface area (Å²) in [4.78, 5) is 5.11. The molecule has 4 nitrogen and oxygen atoms in total. The van der Waals surface area contributed by atoms with E-state index in [9.17, 15) is 5.26 Å². The number of nitrogens with zero attached hydrogens (tertiary/aromatic N) is 3. The number of piperidine rings is 2. The normalized spacial score (nSPS) is 35.0. The molecular formula is C16H28N4. The Hall–Kier alpha value is -0.630. The van der Waals surface area contributed by atoms with Crippen LogP contribution in [0.25, 0.3) is 0 Å². The van der Waals surface area contributed by atoms with Gasteiger partial charge >= 0.3 is 0 Å². The highest BCUT2D eigenvalue weighted by atomic mass is 15.2. The molecule has 3 fully saturated rings. The molecule has 4 heteroatoms. The van der Waals surface area contributed by atoms with Crippen LogP contribution in [-0.4, -0.2) is 61.7 Å². The van der Waals surface area contributed by atoms with E-state index in [-0.39, 0.29) is 5.54 Å². The molecule has 2 aliphatic heterocycles. The largest absolute Gasteiger partial charge is 0.303 e. The highest BCUT2D eigenvalue weighted by Gasteiger charge is 2.46. The van der Waals surface area contributed by atoms with Crippen molar-refractivity contribution in [2.75, 3.05) is 40.3 Å². The van der Waals surface area contributed by atoms with Gasteiger partial charge in [-0.2, -0.15) is 5.26 Å². The summed E-state index contributed by atoms with van der Waals surface area (Å²) >= 11 is 0. The minimum atomic E-state index is -0.298. The van der Waals surface area contributed by atoms with Crippen LogP contribution in [0.3, 0.4) is 0 Å². The summed E-state index contributed by atoms with van der Waals surface area (Å²) in [5.41, 5.74) is -0.298. The van der Waals surface area contributed by atoms with Gasteiger partial charge in [-0.15, -0.1) is 0 Å². The summed E-state index contributed by atoms with van der Waals surface area (Å²) in [6.07, 6.45) is 6.42. The van der Waals surface area contributed by atoms with Crippen LogP contribution in [0.4, 0.5) is 0 Å². The highest BCUT2D eigenvalue weighted by molar-refractivity contribution is 5.16. The van der Waals surface area contributed by atoms with Gasteiger partial charge in [0.15, 0.2) is 0 Å². The number of likely N-dealkylation sites (N-methyl/N-ethyl adjacent to an activating group) is 1. The van der Waals surface area contributed by atoms with E-state index < -0.39 is 0 Å². The van der Waals surface area contributed by atoms with E-state index in [1.807, 2.05) is 7.05 Å². The quantitative estimate of drug-likeness (QED) is 0.840. The number of fused-ring (bicyclic) bond motifs is 1. The van der Waals surface area contributed by atoms with Crippen molar-refractivity contribution in [3.63, 3.8) is 0 Å². The summed E-state index contributed by atoms with van der Waals surface area (Å²) in [5, 5.41) is 13.0. The summed E-state index contributed by atoms with van der Waals surface area (Å²) in [6, 6.07) is 3.38. The third kappa shape index (κ3) is 2.59. The SMILES string of the molecule is CNC(C#N)(CN1CCC2C(CCCN2C)C1)C1CC1. The molecule has 3 unspecified atom stereocenters. The third-order valence-electron chi connectivity index (χ3n) is 5.82. The van der Waals surface area contributed by atoms with Gasteiger partial charge in [-0.05, 0) is 71.1 Å². The van der Waals surface area contributed by atoms with Crippen molar-refractivity contribution in [2.24, 2.45) is 11.8 Å². The molecule has 1 N–H and O–H groups in total. The number of rotatable bonds is 4. The van der Waals surface area contributed by atoms with Gasteiger partial charge in [0.25, 0.3) is 0 Å². The molecule has 2 saturated heterocycles. The van der Waals surface area contributed by atoms with Crippen LogP contribution in [-0.2, 0) is 0 Å². The molecule has 112 valence electrons.